The summed E-state index contributed by atoms with van der Waals surface area (Å²) in [5, 5.41) is 12.4. The number of amides is 1. The maximum atomic E-state index is 13.7. The normalized spacial score (nSPS) is 22.5. The number of para-hydroxylation sites is 1. The van der Waals surface area contributed by atoms with Gasteiger partial charge >= 0.3 is 12.1 Å². The second kappa shape index (κ2) is 9.88. The number of halogens is 3. The van der Waals surface area contributed by atoms with E-state index in [1.54, 1.807) is 12.2 Å². The largest absolute Gasteiger partial charge is 0.478 e. The van der Waals surface area contributed by atoms with Crippen LogP contribution in [-0.4, -0.2) is 29.6 Å². The minimum atomic E-state index is -4.39. The minimum Gasteiger partial charge on any atom is -0.478 e. The van der Waals surface area contributed by atoms with Gasteiger partial charge < -0.3 is 15.3 Å². The molecule has 1 aliphatic heterocycles. The molecule has 1 heterocycles. The number of carbonyl (C=O) groups is 2. The summed E-state index contributed by atoms with van der Waals surface area (Å²) in [6, 6.07) is 10.8. The Hall–Kier alpha value is -3.55. The molecule has 2 aromatic carbocycles. The Labute approximate surface area is 226 Å². The number of nitrogens with zero attached hydrogens (tertiary/aromatic N) is 1. The van der Waals surface area contributed by atoms with Gasteiger partial charge in [0.2, 0.25) is 0 Å². The van der Waals surface area contributed by atoms with Crippen LogP contribution >= 0.6 is 0 Å². The summed E-state index contributed by atoms with van der Waals surface area (Å²) in [4.78, 5) is 27.2. The molecule has 2 aliphatic carbocycles. The van der Waals surface area contributed by atoms with Gasteiger partial charge in [-0.3, -0.25) is 4.79 Å². The van der Waals surface area contributed by atoms with Crippen molar-refractivity contribution in [2.45, 2.75) is 70.1 Å². The molecule has 1 saturated carbocycles. The molecule has 3 aliphatic rings. The molecule has 5 nitrogen and oxygen atoms in total. The molecular formula is C31H33F3N2O3. The summed E-state index contributed by atoms with van der Waals surface area (Å²) in [5.41, 5.74) is 2.39. The highest BCUT2D eigenvalue weighted by Gasteiger charge is 2.46. The van der Waals surface area contributed by atoms with Crippen molar-refractivity contribution < 1.29 is 27.9 Å². The Kier molecular flexibility index (Phi) is 6.85. The number of allylic oxidation sites excluding steroid dienone is 1. The molecule has 1 amide bonds. The van der Waals surface area contributed by atoms with E-state index >= 15 is 0 Å². The topological polar surface area (TPSA) is 69.6 Å². The molecule has 1 unspecified atom stereocenters. The monoisotopic (exact) mass is 538 g/mol. The Morgan fingerprint density at radius 2 is 1.79 bits per heavy atom. The first-order valence-corrected chi connectivity index (χ1v) is 13.4. The van der Waals surface area contributed by atoms with Crippen molar-refractivity contribution in [1.29, 1.82) is 0 Å². The Morgan fingerprint density at radius 1 is 1.10 bits per heavy atom. The molecule has 0 bridgehead atoms. The minimum absolute atomic E-state index is 0.0563. The van der Waals surface area contributed by atoms with Crippen LogP contribution in [0.1, 0.15) is 73.0 Å². The first kappa shape index (κ1) is 27.0. The van der Waals surface area contributed by atoms with Crippen LogP contribution in [0, 0.1) is 5.41 Å². The molecule has 2 atom stereocenters. The van der Waals surface area contributed by atoms with Gasteiger partial charge in [-0.25, -0.2) is 4.79 Å². The third-order valence-electron chi connectivity index (χ3n) is 8.87. The molecule has 1 spiro atoms. The number of benzene rings is 2. The van der Waals surface area contributed by atoms with E-state index in [0.717, 1.165) is 61.2 Å². The number of anilines is 1. The lowest BCUT2D eigenvalue weighted by Gasteiger charge is -2.35. The number of fused-ring (bicyclic) bond motifs is 2. The summed E-state index contributed by atoms with van der Waals surface area (Å²) >= 11 is 0. The van der Waals surface area contributed by atoms with E-state index in [2.05, 4.69) is 16.3 Å². The van der Waals surface area contributed by atoms with Gasteiger partial charge in [0.1, 0.15) is 0 Å². The quantitative estimate of drug-likeness (QED) is 0.433. The van der Waals surface area contributed by atoms with E-state index in [-0.39, 0.29) is 22.9 Å². The molecule has 0 saturated heterocycles. The second-order valence-corrected chi connectivity index (χ2v) is 11.4. The van der Waals surface area contributed by atoms with Crippen LogP contribution in [0.3, 0.4) is 0 Å². The lowest BCUT2D eigenvalue weighted by molar-refractivity contribution is -0.137. The average molecular weight is 539 g/mol. The number of aliphatic carboxylic acids is 1. The van der Waals surface area contributed by atoms with Crippen molar-refractivity contribution in [1.82, 2.24) is 5.32 Å². The number of carboxylic acids is 1. The highest BCUT2D eigenvalue weighted by Crippen LogP contribution is 2.52. The van der Waals surface area contributed by atoms with Crippen LogP contribution in [0.15, 0.2) is 66.3 Å². The number of carboxylic acid groups (broad SMARTS) is 1. The molecule has 2 N–H and O–H groups in total. The van der Waals surface area contributed by atoms with Crippen molar-refractivity contribution in [3.05, 3.63) is 88.5 Å². The summed E-state index contributed by atoms with van der Waals surface area (Å²) in [6.07, 6.45) is 5.48. The fourth-order valence-electron chi connectivity index (χ4n) is 6.32. The van der Waals surface area contributed by atoms with Crippen LogP contribution < -0.4 is 10.2 Å². The molecule has 39 heavy (non-hydrogen) atoms. The molecule has 5 rings (SSSR count). The standard InChI is InChI=1S/C31H33F3N2O3/c1-20(29(2)16-12-22(13-17-29)28(38)39)35-27(37)24-6-5-7-25-26(24)36(19-30(25)14-3-4-15-30)18-21-8-10-23(11-9-21)31(32,33)34/h5-13,16,20H,3-4,14-15,17-19H2,1-2H3,(H,35,37)(H,38,39)/t20-,29?/m0/s1. The van der Waals surface area contributed by atoms with Crippen LogP contribution in [0.25, 0.3) is 0 Å². The fraction of sp³-hybridized carbons (Fsp3) is 0.419. The van der Waals surface area contributed by atoms with Gasteiger partial charge in [0.15, 0.2) is 0 Å². The predicted molar refractivity (Wildman–Crippen MR) is 144 cm³/mol. The van der Waals surface area contributed by atoms with Gasteiger partial charge in [-0.2, -0.15) is 13.2 Å². The number of rotatable bonds is 6. The van der Waals surface area contributed by atoms with Crippen molar-refractivity contribution in [2.75, 3.05) is 11.4 Å². The SMILES string of the molecule is C[C@H](NC(=O)c1cccc2c1N(Cc1ccc(C(F)(F)F)cc1)CC21CCCC1)C1(C)C=CC(C(=O)O)=CC1. The van der Waals surface area contributed by atoms with E-state index in [1.165, 1.54) is 12.1 Å². The third kappa shape index (κ3) is 5.09. The lowest BCUT2D eigenvalue weighted by atomic mass is 9.76. The molecule has 8 heteroatoms. The molecule has 0 aromatic heterocycles. The van der Waals surface area contributed by atoms with E-state index in [1.807, 2.05) is 32.1 Å². The van der Waals surface area contributed by atoms with Crippen molar-refractivity contribution in [3.63, 3.8) is 0 Å². The van der Waals surface area contributed by atoms with E-state index in [9.17, 15) is 27.9 Å². The van der Waals surface area contributed by atoms with Crippen molar-refractivity contribution in [2.24, 2.45) is 5.41 Å². The maximum absolute atomic E-state index is 13.7. The zero-order valence-electron chi connectivity index (χ0n) is 22.1. The van der Waals surface area contributed by atoms with Gasteiger partial charge in [0.25, 0.3) is 5.91 Å². The fourth-order valence-corrected chi connectivity index (χ4v) is 6.32. The van der Waals surface area contributed by atoms with Crippen LogP contribution in [-0.2, 0) is 22.9 Å². The van der Waals surface area contributed by atoms with E-state index in [0.29, 0.717) is 18.5 Å². The van der Waals surface area contributed by atoms with E-state index in [4.69, 9.17) is 0 Å². The molecule has 0 radical (unpaired) electrons. The Morgan fingerprint density at radius 3 is 2.38 bits per heavy atom. The summed E-state index contributed by atoms with van der Waals surface area (Å²) < 4.78 is 39.3. The Balaban J connectivity index is 1.42. The molecule has 206 valence electrons. The van der Waals surface area contributed by atoms with Gasteiger partial charge in [0, 0.05) is 30.0 Å². The van der Waals surface area contributed by atoms with Crippen molar-refractivity contribution in [3.8, 4) is 0 Å². The summed E-state index contributed by atoms with van der Waals surface area (Å²) in [7, 11) is 0. The van der Waals surface area contributed by atoms with Crippen LogP contribution in [0.2, 0.25) is 0 Å². The number of hydrogen-bond donors (Lipinski definition) is 2. The highest BCUT2D eigenvalue weighted by atomic mass is 19.4. The number of nitrogens with one attached hydrogen (secondary N) is 1. The smallest absolute Gasteiger partial charge is 0.416 e. The van der Waals surface area contributed by atoms with Gasteiger partial charge in [-0.05, 0) is 55.5 Å². The first-order chi connectivity index (χ1) is 18.4. The third-order valence-corrected chi connectivity index (χ3v) is 8.87. The maximum Gasteiger partial charge on any atom is 0.416 e. The summed E-state index contributed by atoms with van der Waals surface area (Å²) in [5.74, 6) is -1.19. The predicted octanol–water partition coefficient (Wildman–Crippen LogP) is 6.63. The van der Waals surface area contributed by atoms with Gasteiger partial charge in [-0.15, -0.1) is 0 Å². The lowest BCUT2D eigenvalue weighted by Crippen LogP contribution is -2.44. The van der Waals surface area contributed by atoms with Gasteiger partial charge in [0.05, 0.1) is 22.4 Å². The van der Waals surface area contributed by atoms with E-state index < -0.39 is 23.1 Å². The second-order valence-electron chi connectivity index (χ2n) is 11.4. The van der Waals surface area contributed by atoms with Crippen LogP contribution in [0.5, 0.6) is 0 Å². The molecular weight excluding hydrogens is 505 g/mol. The summed E-state index contributed by atoms with van der Waals surface area (Å²) in [6.45, 7) is 5.05. The van der Waals surface area contributed by atoms with Crippen molar-refractivity contribution >= 4 is 17.6 Å². The number of carbonyl (C=O) groups excluding carboxylic acids is 1. The van der Waals surface area contributed by atoms with Gasteiger partial charge in [-0.1, -0.05) is 62.3 Å². The average Bonchev–Trinajstić information content (AvgIpc) is 3.49. The number of hydrogen-bond acceptors (Lipinski definition) is 3. The number of alkyl halides is 3. The first-order valence-electron chi connectivity index (χ1n) is 13.4. The zero-order chi connectivity index (χ0) is 28.0. The highest BCUT2D eigenvalue weighted by molar-refractivity contribution is 6.01. The molecule has 1 fully saturated rings. The zero-order valence-corrected chi connectivity index (χ0v) is 22.1. The van der Waals surface area contributed by atoms with Crippen LogP contribution in [0.4, 0.5) is 18.9 Å². The Bertz CT molecular complexity index is 1340. The molecule has 2 aromatic rings.